The van der Waals surface area contributed by atoms with Crippen LogP contribution in [-0.4, -0.2) is 13.7 Å². The highest BCUT2D eigenvalue weighted by atomic mass is 32.2. The standard InChI is InChI=1S/C13H19NO2S/c1-13(2,3)11-6-4-5-7-12(11)14-17(15,16)10-8-9-10/h4-7,10,14H,8-9H2,1-3H3. The van der Waals surface area contributed by atoms with Crippen LogP contribution in [0.4, 0.5) is 5.69 Å². The predicted octanol–water partition coefficient (Wildman–Crippen LogP) is 2.89. The molecule has 1 saturated carbocycles. The largest absolute Gasteiger partial charge is 0.283 e. The van der Waals surface area contributed by atoms with E-state index in [4.69, 9.17) is 0 Å². The van der Waals surface area contributed by atoms with E-state index in [9.17, 15) is 8.42 Å². The predicted molar refractivity (Wildman–Crippen MR) is 70.7 cm³/mol. The Balaban J connectivity index is 2.33. The van der Waals surface area contributed by atoms with Crippen LogP contribution in [0.15, 0.2) is 24.3 Å². The number of para-hydroxylation sites is 1. The van der Waals surface area contributed by atoms with Crippen molar-refractivity contribution >= 4 is 15.7 Å². The molecule has 3 nitrogen and oxygen atoms in total. The van der Waals surface area contributed by atoms with Gasteiger partial charge in [-0.1, -0.05) is 39.0 Å². The zero-order valence-corrected chi connectivity index (χ0v) is 11.3. The van der Waals surface area contributed by atoms with Crippen LogP contribution in [0.1, 0.15) is 39.2 Å². The van der Waals surface area contributed by atoms with Gasteiger partial charge in [-0.3, -0.25) is 4.72 Å². The third-order valence-corrected chi connectivity index (χ3v) is 4.80. The molecule has 1 aromatic rings. The molecule has 0 aliphatic heterocycles. The van der Waals surface area contributed by atoms with Gasteiger partial charge in [-0.25, -0.2) is 8.42 Å². The van der Waals surface area contributed by atoms with Gasteiger partial charge < -0.3 is 0 Å². The fourth-order valence-corrected chi connectivity index (χ4v) is 3.25. The van der Waals surface area contributed by atoms with E-state index in [1.54, 1.807) is 0 Å². The fourth-order valence-electron chi connectivity index (χ4n) is 1.84. The van der Waals surface area contributed by atoms with Crippen LogP contribution < -0.4 is 4.72 Å². The van der Waals surface area contributed by atoms with Crippen LogP contribution in [0.25, 0.3) is 0 Å². The van der Waals surface area contributed by atoms with Crippen LogP contribution in [0, 0.1) is 0 Å². The van der Waals surface area contributed by atoms with Crippen molar-refractivity contribution in [1.82, 2.24) is 0 Å². The molecular formula is C13H19NO2S. The lowest BCUT2D eigenvalue weighted by atomic mass is 9.86. The lowest BCUT2D eigenvalue weighted by molar-refractivity contribution is 0.590. The number of hydrogen-bond donors (Lipinski definition) is 1. The molecule has 1 N–H and O–H groups in total. The van der Waals surface area contributed by atoms with Crippen LogP contribution in [0.5, 0.6) is 0 Å². The van der Waals surface area contributed by atoms with Gasteiger partial charge in [-0.2, -0.15) is 0 Å². The molecule has 94 valence electrons. The Bertz CT molecular complexity index is 510. The van der Waals surface area contributed by atoms with Crippen LogP contribution in [0.3, 0.4) is 0 Å². The fraction of sp³-hybridized carbons (Fsp3) is 0.538. The Labute approximate surface area is 103 Å². The van der Waals surface area contributed by atoms with E-state index in [0.29, 0.717) is 5.69 Å². The summed E-state index contributed by atoms with van der Waals surface area (Å²) in [7, 11) is -3.17. The molecule has 4 heteroatoms. The van der Waals surface area contributed by atoms with E-state index in [0.717, 1.165) is 18.4 Å². The second kappa shape index (κ2) is 4.02. The first-order chi connectivity index (χ1) is 7.81. The van der Waals surface area contributed by atoms with E-state index in [1.165, 1.54) is 0 Å². The third kappa shape index (κ3) is 2.80. The van der Waals surface area contributed by atoms with Crippen molar-refractivity contribution in [2.24, 2.45) is 0 Å². The average molecular weight is 253 g/mol. The summed E-state index contributed by atoms with van der Waals surface area (Å²) >= 11 is 0. The number of sulfonamides is 1. The number of hydrogen-bond acceptors (Lipinski definition) is 2. The summed E-state index contributed by atoms with van der Waals surface area (Å²) < 4.78 is 26.6. The second-order valence-corrected chi connectivity index (χ2v) is 7.60. The molecule has 1 aliphatic rings. The average Bonchev–Trinajstić information content (AvgIpc) is 2.99. The molecule has 1 fully saturated rings. The maximum atomic E-state index is 11.9. The lowest BCUT2D eigenvalue weighted by Crippen LogP contribution is -2.21. The van der Waals surface area contributed by atoms with Crippen molar-refractivity contribution in [3.8, 4) is 0 Å². The summed E-state index contributed by atoms with van der Waals surface area (Å²) in [6.07, 6.45) is 1.57. The molecule has 0 radical (unpaired) electrons. The first-order valence-corrected chi connectivity index (χ1v) is 7.46. The summed E-state index contributed by atoms with van der Waals surface area (Å²) in [5.74, 6) is 0. The maximum Gasteiger partial charge on any atom is 0.235 e. The molecule has 1 aliphatic carbocycles. The van der Waals surface area contributed by atoms with Gasteiger partial charge in [0.25, 0.3) is 0 Å². The minimum atomic E-state index is -3.17. The first kappa shape index (κ1) is 12.4. The minimum Gasteiger partial charge on any atom is -0.283 e. The smallest absolute Gasteiger partial charge is 0.235 e. The third-order valence-electron chi connectivity index (χ3n) is 2.95. The van der Waals surface area contributed by atoms with Crippen molar-refractivity contribution in [2.45, 2.75) is 44.3 Å². The van der Waals surface area contributed by atoms with E-state index in [1.807, 2.05) is 24.3 Å². The number of rotatable bonds is 3. The molecule has 0 unspecified atom stereocenters. The molecule has 0 saturated heterocycles. The Morgan fingerprint density at radius 2 is 1.76 bits per heavy atom. The van der Waals surface area contributed by atoms with Crippen LogP contribution in [0.2, 0.25) is 0 Å². The molecule has 0 bridgehead atoms. The Hall–Kier alpha value is -1.03. The summed E-state index contributed by atoms with van der Waals surface area (Å²) in [5.41, 5.74) is 1.68. The topological polar surface area (TPSA) is 46.2 Å². The minimum absolute atomic E-state index is 0.0668. The molecule has 1 aromatic carbocycles. The van der Waals surface area contributed by atoms with Crippen molar-refractivity contribution in [3.05, 3.63) is 29.8 Å². The molecule has 0 atom stereocenters. The van der Waals surface area contributed by atoms with E-state index >= 15 is 0 Å². The van der Waals surface area contributed by atoms with E-state index < -0.39 is 10.0 Å². The van der Waals surface area contributed by atoms with Crippen LogP contribution >= 0.6 is 0 Å². The lowest BCUT2D eigenvalue weighted by Gasteiger charge is -2.23. The van der Waals surface area contributed by atoms with E-state index in [2.05, 4.69) is 25.5 Å². The van der Waals surface area contributed by atoms with Gasteiger partial charge in [-0.15, -0.1) is 0 Å². The van der Waals surface area contributed by atoms with Gasteiger partial charge >= 0.3 is 0 Å². The zero-order valence-electron chi connectivity index (χ0n) is 10.5. The molecular weight excluding hydrogens is 234 g/mol. The molecule has 0 amide bonds. The van der Waals surface area contributed by atoms with Gasteiger partial charge in [0.05, 0.1) is 10.9 Å². The monoisotopic (exact) mass is 253 g/mol. The summed E-state index contributed by atoms with van der Waals surface area (Å²) in [5, 5.41) is -0.185. The zero-order chi connectivity index (χ0) is 12.7. The second-order valence-electron chi connectivity index (χ2n) is 5.64. The molecule has 0 spiro atoms. The van der Waals surface area contributed by atoms with Gasteiger partial charge in [0.15, 0.2) is 0 Å². The van der Waals surface area contributed by atoms with E-state index in [-0.39, 0.29) is 10.7 Å². The van der Waals surface area contributed by atoms with Crippen LogP contribution in [-0.2, 0) is 15.4 Å². The van der Waals surface area contributed by atoms with Crippen molar-refractivity contribution in [2.75, 3.05) is 4.72 Å². The summed E-state index contributed by atoms with van der Waals surface area (Å²) in [6.45, 7) is 6.24. The number of benzene rings is 1. The summed E-state index contributed by atoms with van der Waals surface area (Å²) in [4.78, 5) is 0. The van der Waals surface area contributed by atoms with Gasteiger partial charge in [-0.05, 0) is 29.9 Å². The highest BCUT2D eigenvalue weighted by Gasteiger charge is 2.36. The number of nitrogens with one attached hydrogen (secondary N) is 1. The Morgan fingerprint density at radius 1 is 1.18 bits per heavy atom. The number of anilines is 1. The molecule has 17 heavy (non-hydrogen) atoms. The van der Waals surface area contributed by atoms with Crippen molar-refractivity contribution < 1.29 is 8.42 Å². The van der Waals surface area contributed by atoms with Crippen molar-refractivity contribution in [3.63, 3.8) is 0 Å². The van der Waals surface area contributed by atoms with Gasteiger partial charge in [0, 0.05) is 0 Å². The van der Waals surface area contributed by atoms with Gasteiger partial charge in [0.1, 0.15) is 0 Å². The van der Waals surface area contributed by atoms with Gasteiger partial charge in [0.2, 0.25) is 10.0 Å². The highest BCUT2D eigenvalue weighted by molar-refractivity contribution is 7.93. The highest BCUT2D eigenvalue weighted by Crippen LogP contribution is 2.33. The molecule has 0 heterocycles. The van der Waals surface area contributed by atoms with Crippen molar-refractivity contribution in [1.29, 1.82) is 0 Å². The molecule has 0 aromatic heterocycles. The first-order valence-electron chi connectivity index (χ1n) is 5.92. The quantitative estimate of drug-likeness (QED) is 0.900. The Morgan fingerprint density at radius 3 is 2.29 bits per heavy atom. The molecule has 2 rings (SSSR count). The maximum absolute atomic E-state index is 11.9. The Kier molecular flexibility index (Phi) is 2.94. The SMILES string of the molecule is CC(C)(C)c1ccccc1NS(=O)(=O)C1CC1. The normalized spacial score (nSPS) is 16.9. The summed E-state index contributed by atoms with van der Waals surface area (Å²) in [6, 6.07) is 7.61.